The molecule has 1 saturated heterocycles. The summed E-state index contributed by atoms with van der Waals surface area (Å²) in [5, 5.41) is 10.4. The molecule has 0 radical (unpaired) electrons. The Morgan fingerprint density at radius 3 is 2.38 bits per heavy atom. The maximum absolute atomic E-state index is 12.2. The van der Waals surface area contributed by atoms with E-state index in [9.17, 15) is 14.7 Å². The number of carbonyl (C=O) groups excluding carboxylic acids is 2. The summed E-state index contributed by atoms with van der Waals surface area (Å²) in [6.07, 6.45) is 0.554. The second-order valence-corrected chi connectivity index (χ2v) is 6.60. The maximum atomic E-state index is 12.2. The van der Waals surface area contributed by atoms with E-state index in [2.05, 4.69) is 13.0 Å². The van der Waals surface area contributed by atoms with Gasteiger partial charge in [-0.15, -0.1) is 0 Å². The Morgan fingerprint density at radius 2 is 1.81 bits per heavy atom. The van der Waals surface area contributed by atoms with Gasteiger partial charge in [0.05, 0.1) is 40.4 Å². The highest BCUT2D eigenvalue weighted by molar-refractivity contribution is 5.76. The van der Waals surface area contributed by atoms with Gasteiger partial charge in [0.2, 0.25) is 5.91 Å². The zero-order valence-corrected chi connectivity index (χ0v) is 15.7. The van der Waals surface area contributed by atoms with Crippen LogP contribution in [0.25, 0.3) is 0 Å². The summed E-state index contributed by atoms with van der Waals surface area (Å²) in [4.78, 5) is 25.8. The fraction of sp³-hybridized carbons (Fsp3) is 0.579. The number of quaternary nitrogens is 1. The molecule has 26 heavy (non-hydrogen) atoms. The Balaban J connectivity index is 1.89. The molecule has 7 nitrogen and oxygen atoms in total. The lowest BCUT2D eigenvalue weighted by atomic mass is 10.0. The summed E-state index contributed by atoms with van der Waals surface area (Å²) in [7, 11) is 3.25. The normalized spacial score (nSPS) is 16.2. The Hall–Kier alpha value is -2.28. The van der Waals surface area contributed by atoms with E-state index in [1.165, 1.54) is 10.5 Å². The van der Waals surface area contributed by atoms with E-state index >= 15 is 0 Å². The van der Waals surface area contributed by atoms with Gasteiger partial charge < -0.3 is 29.2 Å². The summed E-state index contributed by atoms with van der Waals surface area (Å²) in [5.74, 6) is 0.364. The Morgan fingerprint density at radius 1 is 1.15 bits per heavy atom. The number of aliphatic carboxylic acids is 1. The highest BCUT2D eigenvalue weighted by Crippen LogP contribution is 2.29. The molecule has 2 rings (SSSR count). The van der Waals surface area contributed by atoms with E-state index in [4.69, 9.17) is 9.47 Å². The van der Waals surface area contributed by atoms with Gasteiger partial charge in [-0.3, -0.25) is 4.79 Å². The number of piperazine rings is 1. The van der Waals surface area contributed by atoms with Crippen LogP contribution in [0.2, 0.25) is 0 Å². The van der Waals surface area contributed by atoms with Gasteiger partial charge in [0.25, 0.3) is 0 Å². The first-order valence-corrected chi connectivity index (χ1v) is 9.00. The minimum atomic E-state index is -1.10. The number of carboxylic acids is 1. The van der Waals surface area contributed by atoms with Crippen LogP contribution >= 0.6 is 0 Å². The van der Waals surface area contributed by atoms with Crippen molar-refractivity contribution in [3.63, 3.8) is 0 Å². The highest BCUT2D eigenvalue weighted by atomic mass is 16.5. The molecule has 1 aromatic carbocycles. The number of nitrogens with one attached hydrogen (secondary N) is 1. The minimum Gasteiger partial charge on any atom is -0.550 e. The molecule has 0 aromatic heterocycles. The standard InChI is InChI=1S/C19H28N2O5/c1-14(15-7-8-16(25-2)17(13-15)26-3)20-9-11-21(12-10-20)18(22)5-4-6-19(23)24/h7-8,13-14H,4-6,9-12H2,1-3H3,(H,23,24)/t14-/m1/s1. The summed E-state index contributed by atoms with van der Waals surface area (Å²) < 4.78 is 10.7. The average molecular weight is 364 g/mol. The predicted molar refractivity (Wildman–Crippen MR) is 94.1 cm³/mol. The number of carboxylic acid groups (broad SMARTS) is 1. The molecule has 0 bridgehead atoms. The molecule has 1 heterocycles. The van der Waals surface area contributed by atoms with E-state index in [0.717, 1.165) is 18.8 Å². The number of rotatable bonds is 8. The lowest BCUT2D eigenvalue weighted by Crippen LogP contribution is -3.14. The number of benzene rings is 1. The van der Waals surface area contributed by atoms with Gasteiger partial charge in [-0.2, -0.15) is 0 Å². The summed E-state index contributed by atoms with van der Waals surface area (Å²) in [6.45, 7) is 5.28. The molecule has 1 atom stereocenters. The number of amides is 1. The van der Waals surface area contributed by atoms with Crippen molar-refractivity contribution in [2.24, 2.45) is 0 Å². The fourth-order valence-corrected chi connectivity index (χ4v) is 3.38. The van der Waals surface area contributed by atoms with Crippen molar-refractivity contribution in [1.29, 1.82) is 0 Å². The van der Waals surface area contributed by atoms with Crippen molar-refractivity contribution in [1.82, 2.24) is 4.90 Å². The molecular formula is C19H28N2O5. The van der Waals surface area contributed by atoms with Crippen LogP contribution < -0.4 is 19.5 Å². The average Bonchev–Trinajstić information content (AvgIpc) is 2.66. The van der Waals surface area contributed by atoms with Crippen LogP contribution in [0, 0.1) is 0 Å². The molecule has 0 spiro atoms. The lowest BCUT2D eigenvalue weighted by molar-refractivity contribution is -0.933. The number of nitrogens with zero attached hydrogens (tertiary/aromatic N) is 1. The molecule has 1 aliphatic rings. The van der Waals surface area contributed by atoms with Crippen molar-refractivity contribution < 1.29 is 29.1 Å². The van der Waals surface area contributed by atoms with Crippen molar-refractivity contribution in [2.45, 2.75) is 32.2 Å². The fourth-order valence-electron chi connectivity index (χ4n) is 3.38. The second kappa shape index (κ2) is 9.43. The SMILES string of the molecule is COc1ccc([C@@H](C)[NH+]2CCN(C(=O)CCCC(=O)[O-])CC2)cc1OC. The molecule has 1 aromatic rings. The first-order valence-electron chi connectivity index (χ1n) is 9.00. The van der Waals surface area contributed by atoms with Gasteiger partial charge in [0, 0.05) is 18.0 Å². The van der Waals surface area contributed by atoms with E-state index < -0.39 is 5.97 Å². The van der Waals surface area contributed by atoms with Crippen molar-refractivity contribution in [3.05, 3.63) is 23.8 Å². The van der Waals surface area contributed by atoms with E-state index in [-0.39, 0.29) is 24.8 Å². The smallest absolute Gasteiger partial charge is 0.222 e. The third-order valence-electron chi connectivity index (χ3n) is 5.05. The first-order chi connectivity index (χ1) is 12.5. The molecule has 7 heteroatoms. The number of hydrogen-bond acceptors (Lipinski definition) is 5. The second-order valence-electron chi connectivity index (χ2n) is 6.60. The van der Waals surface area contributed by atoms with Crippen LogP contribution in [-0.4, -0.2) is 57.2 Å². The largest absolute Gasteiger partial charge is 0.550 e. The van der Waals surface area contributed by atoms with Crippen LogP contribution in [0.15, 0.2) is 18.2 Å². The summed E-state index contributed by atoms with van der Waals surface area (Å²) in [5.41, 5.74) is 1.17. The van der Waals surface area contributed by atoms with Crippen LogP contribution in [0.3, 0.4) is 0 Å². The molecule has 1 fully saturated rings. The topological polar surface area (TPSA) is 83.3 Å². The predicted octanol–water partition coefficient (Wildman–Crippen LogP) is -0.588. The number of hydrogen-bond donors (Lipinski definition) is 1. The van der Waals surface area contributed by atoms with Crippen molar-refractivity contribution in [3.8, 4) is 11.5 Å². The third-order valence-corrected chi connectivity index (χ3v) is 5.05. The number of ether oxygens (including phenoxy) is 2. The van der Waals surface area contributed by atoms with E-state index in [1.54, 1.807) is 14.2 Å². The van der Waals surface area contributed by atoms with Crippen LogP contribution in [-0.2, 0) is 9.59 Å². The van der Waals surface area contributed by atoms with Crippen LogP contribution in [0.5, 0.6) is 11.5 Å². The van der Waals surface area contributed by atoms with Crippen LogP contribution in [0.1, 0.15) is 37.8 Å². The summed E-state index contributed by atoms with van der Waals surface area (Å²) in [6, 6.07) is 6.26. The van der Waals surface area contributed by atoms with Crippen LogP contribution in [0.4, 0.5) is 0 Å². The van der Waals surface area contributed by atoms with Gasteiger partial charge in [0.1, 0.15) is 6.04 Å². The Kier molecular flexibility index (Phi) is 7.26. The molecule has 144 valence electrons. The molecule has 0 aliphatic carbocycles. The molecule has 1 amide bonds. The van der Waals surface area contributed by atoms with Gasteiger partial charge >= 0.3 is 0 Å². The monoisotopic (exact) mass is 364 g/mol. The highest BCUT2D eigenvalue weighted by Gasteiger charge is 2.28. The number of carbonyl (C=O) groups is 2. The van der Waals surface area contributed by atoms with Crippen molar-refractivity contribution in [2.75, 3.05) is 40.4 Å². The van der Waals surface area contributed by atoms with Crippen molar-refractivity contribution >= 4 is 11.9 Å². The van der Waals surface area contributed by atoms with Gasteiger partial charge in [-0.05, 0) is 38.0 Å². The zero-order chi connectivity index (χ0) is 19.1. The molecular weight excluding hydrogens is 336 g/mol. The van der Waals surface area contributed by atoms with Gasteiger partial charge in [0.15, 0.2) is 11.5 Å². The quantitative estimate of drug-likeness (QED) is 0.667. The van der Waals surface area contributed by atoms with Gasteiger partial charge in [-0.1, -0.05) is 0 Å². The lowest BCUT2D eigenvalue weighted by Gasteiger charge is -2.35. The summed E-state index contributed by atoms with van der Waals surface area (Å²) >= 11 is 0. The van der Waals surface area contributed by atoms with Gasteiger partial charge in [-0.25, -0.2) is 0 Å². The Labute approximate surface area is 154 Å². The molecule has 1 aliphatic heterocycles. The maximum Gasteiger partial charge on any atom is 0.222 e. The zero-order valence-electron chi connectivity index (χ0n) is 15.7. The minimum absolute atomic E-state index is 0.0315. The molecule has 1 N–H and O–H groups in total. The third kappa shape index (κ3) is 5.11. The first kappa shape index (κ1) is 20.0. The van der Waals surface area contributed by atoms with E-state index in [1.807, 2.05) is 17.0 Å². The molecule has 0 saturated carbocycles. The van der Waals surface area contributed by atoms with E-state index in [0.29, 0.717) is 25.3 Å². The Bertz CT molecular complexity index is 626. The molecule has 0 unspecified atom stereocenters. The number of methoxy groups -OCH3 is 2.